The van der Waals surface area contributed by atoms with Crippen LogP contribution in [0, 0.1) is 19.8 Å². The minimum atomic E-state index is -0.305. The second-order valence-corrected chi connectivity index (χ2v) is 7.30. The molecule has 0 N–H and O–H groups in total. The van der Waals surface area contributed by atoms with Crippen LogP contribution in [0.1, 0.15) is 41.1 Å². The minimum Gasteiger partial charge on any atom is -0.462 e. The zero-order valence-electron chi connectivity index (χ0n) is 16.7. The van der Waals surface area contributed by atoms with Crippen molar-refractivity contribution in [3.8, 4) is 11.3 Å². The zero-order valence-corrected chi connectivity index (χ0v) is 16.7. The lowest BCUT2D eigenvalue weighted by Crippen LogP contribution is -2.09. The number of hydrogen-bond donors (Lipinski definition) is 0. The SMILES string of the molecule is Cc1ccc(N=Cc2ccc(-c3ccc(C(=O)OCC(C)C)cc3)o2)cc1C. The molecule has 0 bridgehead atoms. The molecule has 0 unspecified atom stereocenters. The third-order valence-electron chi connectivity index (χ3n) is 4.41. The number of benzene rings is 2. The highest BCUT2D eigenvalue weighted by atomic mass is 16.5. The van der Waals surface area contributed by atoms with Crippen molar-refractivity contribution in [1.82, 2.24) is 0 Å². The van der Waals surface area contributed by atoms with Crippen LogP contribution in [-0.2, 0) is 4.74 Å². The molecule has 0 saturated carbocycles. The Bertz CT molecular complexity index is 981. The number of ether oxygens (including phenoxy) is 1. The molecule has 0 amide bonds. The Balaban J connectivity index is 1.68. The molecule has 4 heteroatoms. The average Bonchev–Trinajstić information content (AvgIpc) is 3.16. The molecular weight excluding hydrogens is 350 g/mol. The van der Waals surface area contributed by atoms with E-state index in [0.717, 1.165) is 17.0 Å². The molecule has 2 aromatic carbocycles. The summed E-state index contributed by atoms with van der Waals surface area (Å²) in [6.45, 7) is 8.59. The average molecular weight is 375 g/mol. The first-order valence-corrected chi connectivity index (χ1v) is 9.41. The van der Waals surface area contributed by atoms with E-state index in [1.807, 2.05) is 50.2 Å². The van der Waals surface area contributed by atoms with Crippen LogP contribution in [0.15, 0.2) is 64.0 Å². The van der Waals surface area contributed by atoms with Crippen LogP contribution in [0.2, 0.25) is 0 Å². The van der Waals surface area contributed by atoms with E-state index in [1.165, 1.54) is 11.1 Å². The lowest BCUT2D eigenvalue weighted by Gasteiger charge is -2.07. The maximum atomic E-state index is 12.0. The summed E-state index contributed by atoms with van der Waals surface area (Å²) in [5.41, 5.74) is 4.78. The van der Waals surface area contributed by atoms with Crippen LogP contribution in [-0.4, -0.2) is 18.8 Å². The fourth-order valence-corrected chi connectivity index (χ4v) is 2.62. The van der Waals surface area contributed by atoms with Crippen molar-refractivity contribution in [1.29, 1.82) is 0 Å². The van der Waals surface area contributed by atoms with Gasteiger partial charge in [-0.25, -0.2) is 4.79 Å². The van der Waals surface area contributed by atoms with E-state index in [9.17, 15) is 4.79 Å². The van der Waals surface area contributed by atoms with Gasteiger partial charge in [0.25, 0.3) is 0 Å². The minimum absolute atomic E-state index is 0.305. The summed E-state index contributed by atoms with van der Waals surface area (Å²) in [5.74, 6) is 1.41. The first kappa shape index (κ1) is 19.6. The van der Waals surface area contributed by atoms with E-state index in [0.29, 0.717) is 23.8 Å². The molecule has 0 aliphatic heterocycles. The van der Waals surface area contributed by atoms with E-state index in [4.69, 9.17) is 9.15 Å². The smallest absolute Gasteiger partial charge is 0.338 e. The Hall–Kier alpha value is -3.14. The standard InChI is InChI=1S/C24H25NO3/c1-16(2)15-27-24(26)20-8-6-19(7-9-20)23-12-11-22(28-23)14-25-21-10-5-17(3)18(4)13-21/h5-14,16H,15H2,1-4H3. The molecule has 144 valence electrons. The maximum absolute atomic E-state index is 12.0. The van der Waals surface area contributed by atoms with Crippen molar-refractivity contribution in [3.63, 3.8) is 0 Å². The molecular formula is C24H25NO3. The predicted octanol–water partition coefficient (Wildman–Crippen LogP) is 6.13. The van der Waals surface area contributed by atoms with Gasteiger partial charge in [0.2, 0.25) is 0 Å². The predicted molar refractivity (Wildman–Crippen MR) is 112 cm³/mol. The monoisotopic (exact) mass is 375 g/mol. The van der Waals surface area contributed by atoms with Gasteiger partial charge in [0, 0.05) is 5.56 Å². The van der Waals surface area contributed by atoms with Crippen molar-refractivity contribution in [2.45, 2.75) is 27.7 Å². The molecule has 3 aromatic rings. The van der Waals surface area contributed by atoms with E-state index in [-0.39, 0.29) is 5.97 Å². The molecule has 0 aliphatic rings. The fraction of sp³-hybridized carbons (Fsp3) is 0.250. The normalized spacial score (nSPS) is 11.3. The summed E-state index contributed by atoms with van der Waals surface area (Å²) in [7, 11) is 0. The van der Waals surface area contributed by atoms with Gasteiger partial charge in [-0.05, 0) is 67.3 Å². The number of esters is 1. The number of hydrogen-bond acceptors (Lipinski definition) is 4. The Morgan fingerprint density at radius 3 is 2.46 bits per heavy atom. The highest BCUT2D eigenvalue weighted by Gasteiger charge is 2.10. The van der Waals surface area contributed by atoms with Crippen LogP contribution in [0.5, 0.6) is 0 Å². The maximum Gasteiger partial charge on any atom is 0.338 e. The Morgan fingerprint density at radius 2 is 1.79 bits per heavy atom. The zero-order chi connectivity index (χ0) is 20.1. The fourth-order valence-electron chi connectivity index (χ4n) is 2.62. The van der Waals surface area contributed by atoms with Crippen LogP contribution in [0.25, 0.3) is 11.3 Å². The first-order valence-electron chi connectivity index (χ1n) is 9.41. The summed E-state index contributed by atoms with van der Waals surface area (Å²) in [6.07, 6.45) is 1.71. The number of aliphatic imine (C=N–C) groups is 1. The van der Waals surface area contributed by atoms with E-state index >= 15 is 0 Å². The van der Waals surface area contributed by atoms with Gasteiger partial charge in [0.05, 0.1) is 24.1 Å². The third-order valence-corrected chi connectivity index (χ3v) is 4.41. The molecule has 3 rings (SSSR count). The van der Waals surface area contributed by atoms with Gasteiger partial charge >= 0.3 is 5.97 Å². The topological polar surface area (TPSA) is 51.8 Å². The second-order valence-electron chi connectivity index (χ2n) is 7.30. The summed E-state index contributed by atoms with van der Waals surface area (Å²) in [6, 6.07) is 17.1. The largest absolute Gasteiger partial charge is 0.462 e. The van der Waals surface area contributed by atoms with Gasteiger partial charge in [-0.2, -0.15) is 0 Å². The third kappa shape index (κ3) is 4.97. The number of nitrogens with zero attached hydrogens (tertiary/aromatic N) is 1. The van der Waals surface area contributed by atoms with E-state index in [1.54, 1.807) is 18.3 Å². The number of carbonyl (C=O) groups is 1. The quantitative estimate of drug-likeness (QED) is 0.385. The first-order chi connectivity index (χ1) is 13.4. The summed E-state index contributed by atoms with van der Waals surface area (Å²) in [4.78, 5) is 16.5. The lowest BCUT2D eigenvalue weighted by atomic mass is 10.1. The van der Waals surface area contributed by atoms with Gasteiger partial charge in [-0.15, -0.1) is 0 Å². The molecule has 4 nitrogen and oxygen atoms in total. The van der Waals surface area contributed by atoms with Crippen LogP contribution in [0.4, 0.5) is 5.69 Å². The van der Waals surface area contributed by atoms with Gasteiger partial charge in [0.15, 0.2) is 0 Å². The number of rotatable bonds is 6. The highest BCUT2D eigenvalue weighted by molar-refractivity contribution is 5.90. The molecule has 0 radical (unpaired) electrons. The van der Waals surface area contributed by atoms with Crippen LogP contribution < -0.4 is 0 Å². The number of furan rings is 1. The van der Waals surface area contributed by atoms with Gasteiger partial charge < -0.3 is 9.15 Å². The van der Waals surface area contributed by atoms with Crippen molar-refractivity contribution >= 4 is 17.9 Å². The highest BCUT2D eigenvalue weighted by Crippen LogP contribution is 2.23. The van der Waals surface area contributed by atoms with E-state index in [2.05, 4.69) is 24.9 Å². The second kappa shape index (κ2) is 8.70. The summed E-state index contributed by atoms with van der Waals surface area (Å²) < 4.78 is 11.1. The molecule has 0 saturated heterocycles. The molecule has 0 aliphatic carbocycles. The Morgan fingerprint density at radius 1 is 1.04 bits per heavy atom. The lowest BCUT2D eigenvalue weighted by molar-refractivity contribution is 0.0459. The molecule has 0 atom stereocenters. The van der Waals surface area contributed by atoms with Crippen molar-refractivity contribution in [2.24, 2.45) is 10.9 Å². The van der Waals surface area contributed by atoms with Gasteiger partial charge in [-0.3, -0.25) is 4.99 Å². The van der Waals surface area contributed by atoms with E-state index < -0.39 is 0 Å². The molecule has 0 fully saturated rings. The van der Waals surface area contributed by atoms with Crippen LogP contribution >= 0.6 is 0 Å². The molecule has 1 heterocycles. The molecule has 0 spiro atoms. The van der Waals surface area contributed by atoms with Crippen molar-refractivity contribution < 1.29 is 13.9 Å². The Kier molecular flexibility index (Phi) is 6.09. The number of carbonyl (C=O) groups excluding carboxylic acids is 1. The molecule has 28 heavy (non-hydrogen) atoms. The summed E-state index contributed by atoms with van der Waals surface area (Å²) in [5, 5.41) is 0. The molecule has 1 aromatic heterocycles. The van der Waals surface area contributed by atoms with Crippen molar-refractivity contribution in [2.75, 3.05) is 6.61 Å². The Labute approximate surface area is 165 Å². The van der Waals surface area contributed by atoms with Gasteiger partial charge in [0.1, 0.15) is 11.5 Å². The summed E-state index contributed by atoms with van der Waals surface area (Å²) >= 11 is 0. The van der Waals surface area contributed by atoms with Gasteiger partial charge in [-0.1, -0.05) is 32.0 Å². The number of aryl methyl sites for hydroxylation is 2. The van der Waals surface area contributed by atoms with Crippen molar-refractivity contribution in [3.05, 3.63) is 77.0 Å². The van der Waals surface area contributed by atoms with Crippen LogP contribution in [0.3, 0.4) is 0 Å².